The predicted octanol–water partition coefficient (Wildman–Crippen LogP) is 26.4. The van der Waals surface area contributed by atoms with E-state index in [2.05, 4.69) is 515 Å². The number of nitrogens with zero attached hydrogens (tertiary/aromatic N) is 4. The Morgan fingerprint density at radius 1 is 0.190 bits per heavy atom. The number of para-hydroxylation sites is 10. The van der Waals surface area contributed by atoms with E-state index in [1.165, 1.54) is 144 Å². The molecule has 0 atom stereocenters. The topological polar surface area (TPSA) is 22.2 Å². The Bertz CT molecular complexity index is 5840. The summed E-state index contributed by atoms with van der Waals surface area (Å²) >= 11 is 0. The highest BCUT2D eigenvalue weighted by Gasteiger charge is 2.56. The lowest BCUT2D eigenvalue weighted by Gasteiger charge is -2.51. The second-order valence-corrected chi connectivity index (χ2v) is 40.5. The summed E-state index contributed by atoms with van der Waals surface area (Å²) in [6.07, 6.45) is 0. The fourth-order valence-electron chi connectivity index (χ4n) is 21.6. The van der Waals surface area contributed by atoms with E-state index in [1.54, 1.807) is 0 Å². The van der Waals surface area contributed by atoms with Gasteiger partial charge in [0.05, 0.1) is 16.2 Å². The standard InChI is InChI=1S/C29H25NO.C29H25N.C29H27N.C28H27NSi/c1-28(2,3)30-24-16-8-4-12-20(24)29(21-13-5-9-17-25(21)30)22-14-6-10-18-26(22)31-27-19-11-7-15-23(27)29;1-28(2,3)30-26-18-10-8-16-24(26)29(25-17-9-11-19-27(25)30)22-14-6-4-12-20(22)21-13-5-7-15-23(21)29;1-28(2,3)30-26-20-12-10-18-24(26)29(22-14-6-4-7-15-22,23-16-8-5-9-17-23)25-19-11-13-21-27(25)30;1-28(2,3)29-24-18-10-12-20-26(24)30(22-14-6-4-7-15-22,23-16-8-5-9-17-23)27-21-13-11-19-25(27)29/h4-19H,1-3H3;4-19H,1-3H3;2*4-21H,1-3H3. The first kappa shape index (κ1) is 77.6. The lowest BCUT2D eigenvalue weighted by molar-refractivity contribution is 0.431. The summed E-state index contributed by atoms with van der Waals surface area (Å²) in [5.41, 5.74) is 27.5. The molecule has 2 spiro atoms. The van der Waals surface area contributed by atoms with Crippen molar-refractivity contribution < 1.29 is 4.74 Å². The largest absolute Gasteiger partial charge is 0.457 e. The maximum atomic E-state index is 6.42. The van der Waals surface area contributed by atoms with Gasteiger partial charge in [0.2, 0.25) is 0 Å². The minimum absolute atomic E-state index is 0.0276. The van der Waals surface area contributed by atoms with Crippen LogP contribution in [0.1, 0.15) is 150 Å². The van der Waals surface area contributed by atoms with Gasteiger partial charge < -0.3 is 24.3 Å². The van der Waals surface area contributed by atoms with Crippen molar-refractivity contribution in [2.24, 2.45) is 0 Å². The van der Waals surface area contributed by atoms with Gasteiger partial charge in [-0.15, -0.1) is 0 Å². The van der Waals surface area contributed by atoms with E-state index in [4.69, 9.17) is 4.74 Å². The highest BCUT2D eigenvalue weighted by atomic mass is 28.3. The molecule has 0 amide bonds. The molecule has 22 rings (SSSR count). The van der Waals surface area contributed by atoms with Gasteiger partial charge in [0.1, 0.15) is 11.5 Å². The number of benzene rings is 16. The maximum absolute atomic E-state index is 6.42. The van der Waals surface area contributed by atoms with Crippen LogP contribution in [-0.2, 0) is 16.2 Å². The lowest BCUT2D eigenvalue weighted by atomic mass is 9.61. The van der Waals surface area contributed by atoms with Crippen molar-refractivity contribution >= 4 is 74.3 Å². The molecule has 121 heavy (non-hydrogen) atoms. The second-order valence-electron chi connectivity index (χ2n) is 36.8. The molecular weight excluding hydrogens is 1480 g/mol. The number of rotatable bonds is 4. The van der Waals surface area contributed by atoms with E-state index >= 15 is 0 Å². The minimum Gasteiger partial charge on any atom is -0.457 e. The summed E-state index contributed by atoms with van der Waals surface area (Å²) in [5, 5.41) is 5.81. The first-order valence-electron chi connectivity index (χ1n) is 42.9. The molecule has 0 saturated carbocycles. The Morgan fingerprint density at radius 3 is 0.694 bits per heavy atom. The SMILES string of the molecule is CC(C)(C)N1c2ccccc2C(c2ccccc2)(c2ccccc2)c2ccccc21.CC(C)(C)N1c2ccccc2C2(c3ccccc3-c3ccccc32)c2ccccc21.CC(C)(C)N1c2ccccc2C2(c3ccccc3Oc3ccccc32)c2ccccc21.CC(C)(C)N1c2ccccc2[Si](c2ccccc2)(c2ccccc2)c2ccccc21. The first-order chi connectivity index (χ1) is 58.7. The molecule has 594 valence electrons. The molecule has 0 radical (unpaired) electrons. The Kier molecular flexibility index (Phi) is 19.2. The van der Waals surface area contributed by atoms with Crippen molar-refractivity contribution in [3.8, 4) is 22.6 Å². The molecule has 0 fully saturated rings. The van der Waals surface area contributed by atoms with E-state index in [0.29, 0.717) is 0 Å². The molecule has 0 bridgehead atoms. The number of hydrogen-bond acceptors (Lipinski definition) is 5. The van der Waals surface area contributed by atoms with Gasteiger partial charge in [-0.2, -0.15) is 0 Å². The van der Waals surface area contributed by atoms with Crippen LogP contribution in [0.25, 0.3) is 11.1 Å². The van der Waals surface area contributed by atoms with E-state index in [0.717, 1.165) is 11.5 Å². The number of hydrogen-bond donors (Lipinski definition) is 0. The maximum Gasteiger partial charge on any atom is 0.183 e. The highest BCUT2D eigenvalue weighted by Crippen LogP contribution is 2.66. The third-order valence-electron chi connectivity index (χ3n) is 25.7. The van der Waals surface area contributed by atoms with Crippen molar-refractivity contribution in [3.05, 3.63) is 479 Å². The summed E-state index contributed by atoms with van der Waals surface area (Å²) in [7, 11) is -2.44. The van der Waals surface area contributed by atoms with Crippen LogP contribution in [0.5, 0.6) is 11.5 Å². The molecule has 16 aromatic carbocycles. The lowest BCUT2D eigenvalue weighted by Crippen LogP contribution is -2.78. The van der Waals surface area contributed by atoms with Gasteiger partial charge in [0.25, 0.3) is 0 Å². The Hall–Kier alpha value is -13.3. The molecule has 5 heterocycles. The smallest absolute Gasteiger partial charge is 0.183 e. The summed E-state index contributed by atoms with van der Waals surface area (Å²) < 4.78 is 6.42. The van der Waals surface area contributed by atoms with Crippen molar-refractivity contribution in [2.45, 2.75) is 121 Å². The van der Waals surface area contributed by atoms with Crippen LogP contribution < -0.4 is 45.1 Å². The second kappa shape index (κ2) is 29.9. The summed E-state index contributed by atoms with van der Waals surface area (Å²) in [6.45, 7) is 27.5. The van der Waals surface area contributed by atoms with Crippen LogP contribution in [0.3, 0.4) is 0 Å². The molecular formula is C115H104N4OSi. The number of ether oxygens (including phenoxy) is 1. The van der Waals surface area contributed by atoms with Crippen LogP contribution in [0.15, 0.2) is 413 Å². The quantitative estimate of drug-likeness (QED) is 0.163. The summed E-state index contributed by atoms with van der Waals surface area (Å²) in [4.78, 5) is 10.0. The summed E-state index contributed by atoms with van der Waals surface area (Å²) in [6, 6.07) is 151. The molecule has 5 nitrogen and oxygen atoms in total. The molecule has 0 N–H and O–H groups in total. The molecule has 0 unspecified atom stereocenters. The molecule has 6 heteroatoms. The molecule has 1 aliphatic carbocycles. The van der Waals surface area contributed by atoms with Gasteiger partial charge in [-0.1, -0.05) is 352 Å². The van der Waals surface area contributed by atoms with Crippen molar-refractivity contribution in [1.82, 2.24) is 0 Å². The number of fused-ring (bicyclic) bond motifs is 21. The molecule has 6 aliphatic rings. The molecule has 5 aliphatic heterocycles. The van der Waals surface area contributed by atoms with Crippen molar-refractivity contribution in [3.63, 3.8) is 0 Å². The van der Waals surface area contributed by atoms with Crippen LogP contribution in [-0.4, -0.2) is 30.2 Å². The zero-order valence-electron chi connectivity index (χ0n) is 71.5. The predicted molar refractivity (Wildman–Crippen MR) is 511 cm³/mol. The van der Waals surface area contributed by atoms with Gasteiger partial charge in [-0.05, 0) is 231 Å². The van der Waals surface area contributed by atoms with Crippen molar-refractivity contribution in [1.29, 1.82) is 0 Å². The third-order valence-corrected chi connectivity index (χ3v) is 30.5. The number of anilines is 8. The van der Waals surface area contributed by atoms with Gasteiger partial charge in [0.15, 0.2) is 8.07 Å². The fourth-order valence-corrected chi connectivity index (χ4v) is 26.7. The zero-order chi connectivity index (χ0) is 83.3. The van der Waals surface area contributed by atoms with E-state index < -0.39 is 13.5 Å². The Labute approximate surface area is 717 Å². The van der Waals surface area contributed by atoms with Gasteiger partial charge >= 0.3 is 0 Å². The fraction of sp³-hybridized carbons (Fsp3) is 0.165. The van der Waals surface area contributed by atoms with Gasteiger partial charge in [-0.3, -0.25) is 0 Å². The minimum atomic E-state index is -2.44. The Balaban J connectivity index is 0.000000106. The van der Waals surface area contributed by atoms with Crippen molar-refractivity contribution in [2.75, 3.05) is 19.6 Å². The van der Waals surface area contributed by atoms with Gasteiger partial charge in [0, 0.05) is 78.8 Å². The third kappa shape index (κ3) is 12.1. The average molecular weight is 1590 g/mol. The van der Waals surface area contributed by atoms with E-state index in [1.807, 2.05) is 0 Å². The monoisotopic (exact) mass is 1580 g/mol. The Morgan fingerprint density at radius 2 is 0.397 bits per heavy atom. The summed E-state index contributed by atoms with van der Waals surface area (Å²) in [5.74, 6) is 1.85. The average Bonchev–Trinajstić information content (AvgIpc) is 1.48. The van der Waals surface area contributed by atoms with E-state index in [9.17, 15) is 0 Å². The molecule has 16 aromatic rings. The van der Waals surface area contributed by atoms with Crippen LogP contribution >= 0.6 is 0 Å². The zero-order valence-corrected chi connectivity index (χ0v) is 72.5. The van der Waals surface area contributed by atoms with Crippen LogP contribution in [0.4, 0.5) is 45.5 Å². The van der Waals surface area contributed by atoms with Crippen LogP contribution in [0, 0.1) is 0 Å². The molecule has 0 aromatic heterocycles. The molecule has 0 saturated heterocycles. The highest BCUT2D eigenvalue weighted by molar-refractivity contribution is 7.21. The van der Waals surface area contributed by atoms with Crippen LogP contribution in [0.2, 0.25) is 0 Å². The normalized spacial score (nSPS) is 15.0. The van der Waals surface area contributed by atoms with Gasteiger partial charge in [-0.25, -0.2) is 0 Å². The first-order valence-corrected chi connectivity index (χ1v) is 44.9. The van der Waals surface area contributed by atoms with E-state index in [-0.39, 0.29) is 33.0 Å².